The highest BCUT2D eigenvalue weighted by atomic mass is 32.2. The molecule has 0 bridgehead atoms. The summed E-state index contributed by atoms with van der Waals surface area (Å²) in [7, 11) is 0. The summed E-state index contributed by atoms with van der Waals surface area (Å²) in [6.45, 7) is 1.99. The van der Waals surface area contributed by atoms with Gasteiger partial charge >= 0.3 is 0 Å². The van der Waals surface area contributed by atoms with Gasteiger partial charge in [-0.3, -0.25) is 0 Å². The monoisotopic (exact) mass is 272 g/mol. The van der Waals surface area contributed by atoms with E-state index in [9.17, 15) is 4.39 Å². The number of hydrogen-bond acceptors (Lipinski definition) is 3. The molecule has 0 saturated heterocycles. The molecule has 0 aromatic heterocycles. The van der Waals surface area contributed by atoms with Crippen molar-refractivity contribution in [2.24, 2.45) is 0 Å². The summed E-state index contributed by atoms with van der Waals surface area (Å²) in [6, 6.07) is 12.1. The maximum absolute atomic E-state index is 13.0. The number of nitrogen functional groups attached to an aromatic ring is 1. The molecule has 2 aromatic rings. The average Bonchev–Trinajstić information content (AvgIpc) is 2.39. The Balaban J connectivity index is 2.17. The van der Waals surface area contributed by atoms with Crippen LogP contribution in [0.2, 0.25) is 0 Å². The summed E-state index contributed by atoms with van der Waals surface area (Å²) < 4.78 is 13.0. The van der Waals surface area contributed by atoms with Crippen LogP contribution in [0.25, 0.3) is 0 Å². The average molecular weight is 272 g/mol. The molecule has 0 aliphatic rings. The van der Waals surface area contributed by atoms with Crippen LogP contribution in [0.3, 0.4) is 0 Å². The highest BCUT2D eigenvalue weighted by Crippen LogP contribution is 2.28. The van der Waals surface area contributed by atoms with Gasteiger partial charge in [-0.2, -0.15) is 5.26 Å². The van der Waals surface area contributed by atoms with E-state index in [0.717, 1.165) is 21.7 Å². The molecule has 0 aliphatic carbocycles. The second-order valence-corrected chi connectivity index (χ2v) is 5.24. The van der Waals surface area contributed by atoms with Crippen molar-refractivity contribution in [3.63, 3.8) is 0 Å². The fourth-order valence-corrected chi connectivity index (χ4v) is 2.78. The molecule has 96 valence electrons. The first kappa shape index (κ1) is 13.4. The first-order chi connectivity index (χ1) is 9.10. The lowest BCUT2D eigenvalue weighted by atomic mass is 10.1. The SMILES string of the molecule is Cc1cc(N)ccc1SCc1ccc(F)cc1C#N. The van der Waals surface area contributed by atoms with Crippen molar-refractivity contribution in [1.29, 1.82) is 5.26 Å². The molecule has 0 atom stereocenters. The third-order valence-corrected chi connectivity index (χ3v) is 4.00. The number of anilines is 1. The number of halogens is 1. The number of thioether (sulfide) groups is 1. The Morgan fingerprint density at radius 3 is 2.74 bits per heavy atom. The van der Waals surface area contributed by atoms with Gasteiger partial charge in [-0.25, -0.2) is 4.39 Å². The molecule has 0 unspecified atom stereocenters. The quantitative estimate of drug-likeness (QED) is 0.681. The number of nitrogens with zero attached hydrogens (tertiary/aromatic N) is 1. The van der Waals surface area contributed by atoms with Crippen molar-refractivity contribution in [3.8, 4) is 6.07 Å². The van der Waals surface area contributed by atoms with E-state index in [1.165, 1.54) is 12.1 Å². The molecule has 0 radical (unpaired) electrons. The Labute approximate surface area is 116 Å². The zero-order valence-electron chi connectivity index (χ0n) is 10.5. The second-order valence-electron chi connectivity index (χ2n) is 4.23. The molecule has 2 nitrogen and oxygen atoms in total. The molecule has 0 heterocycles. The van der Waals surface area contributed by atoms with Gasteiger partial charge in [0.15, 0.2) is 0 Å². The van der Waals surface area contributed by atoms with Crippen LogP contribution in [-0.2, 0) is 5.75 Å². The zero-order chi connectivity index (χ0) is 13.8. The minimum absolute atomic E-state index is 0.381. The third-order valence-electron chi connectivity index (χ3n) is 2.77. The van der Waals surface area contributed by atoms with Crippen LogP contribution in [0.15, 0.2) is 41.3 Å². The summed E-state index contributed by atoms with van der Waals surface area (Å²) >= 11 is 1.62. The highest BCUT2D eigenvalue weighted by molar-refractivity contribution is 7.98. The van der Waals surface area contributed by atoms with Crippen molar-refractivity contribution >= 4 is 17.4 Å². The minimum atomic E-state index is -0.381. The van der Waals surface area contributed by atoms with Crippen LogP contribution in [0, 0.1) is 24.1 Å². The van der Waals surface area contributed by atoms with Crippen LogP contribution in [0.4, 0.5) is 10.1 Å². The van der Waals surface area contributed by atoms with Gasteiger partial charge in [0.25, 0.3) is 0 Å². The molecule has 0 amide bonds. The summed E-state index contributed by atoms with van der Waals surface area (Å²) in [5, 5.41) is 8.99. The Kier molecular flexibility index (Phi) is 4.08. The molecular formula is C15H13FN2S. The van der Waals surface area contributed by atoms with Crippen LogP contribution in [0.5, 0.6) is 0 Å². The van der Waals surface area contributed by atoms with Crippen molar-refractivity contribution in [3.05, 3.63) is 58.9 Å². The van der Waals surface area contributed by atoms with E-state index in [1.54, 1.807) is 17.8 Å². The lowest BCUT2D eigenvalue weighted by Crippen LogP contribution is -1.91. The first-order valence-electron chi connectivity index (χ1n) is 5.77. The predicted octanol–water partition coefficient (Wildman–Crippen LogP) is 3.88. The van der Waals surface area contributed by atoms with E-state index in [-0.39, 0.29) is 5.82 Å². The van der Waals surface area contributed by atoms with Crippen LogP contribution < -0.4 is 5.73 Å². The molecule has 0 fully saturated rings. The van der Waals surface area contributed by atoms with Crippen LogP contribution in [0.1, 0.15) is 16.7 Å². The number of benzene rings is 2. The third kappa shape index (κ3) is 3.27. The summed E-state index contributed by atoms with van der Waals surface area (Å²) in [6.07, 6.45) is 0. The Hall–Kier alpha value is -1.99. The molecule has 19 heavy (non-hydrogen) atoms. The Morgan fingerprint density at radius 1 is 1.26 bits per heavy atom. The van der Waals surface area contributed by atoms with E-state index in [1.807, 2.05) is 31.2 Å². The minimum Gasteiger partial charge on any atom is -0.399 e. The maximum atomic E-state index is 13.0. The van der Waals surface area contributed by atoms with Gasteiger partial charge in [-0.1, -0.05) is 6.07 Å². The normalized spacial score (nSPS) is 10.2. The zero-order valence-corrected chi connectivity index (χ0v) is 11.3. The smallest absolute Gasteiger partial charge is 0.124 e. The van der Waals surface area contributed by atoms with Crippen molar-refractivity contribution in [2.75, 3.05) is 5.73 Å². The Morgan fingerprint density at radius 2 is 2.05 bits per heavy atom. The largest absolute Gasteiger partial charge is 0.399 e. The van der Waals surface area contributed by atoms with Gasteiger partial charge in [-0.15, -0.1) is 11.8 Å². The number of rotatable bonds is 3. The lowest BCUT2D eigenvalue weighted by Gasteiger charge is -2.07. The van der Waals surface area contributed by atoms with E-state index in [0.29, 0.717) is 11.3 Å². The first-order valence-corrected chi connectivity index (χ1v) is 6.76. The van der Waals surface area contributed by atoms with Gasteiger partial charge in [0.05, 0.1) is 11.6 Å². The number of hydrogen-bond donors (Lipinski definition) is 1. The van der Waals surface area contributed by atoms with E-state index >= 15 is 0 Å². The fourth-order valence-electron chi connectivity index (χ4n) is 1.77. The van der Waals surface area contributed by atoms with Crippen LogP contribution >= 0.6 is 11.8 Å². The molecule has 2 rings (SSSR count). The fraction of sp³-hybridized carbons (Fsp3) is 0.133. The van der Waals surface area contributed by atoms with Crippen LogP contribution in [-0.4, -0.2) is 0 Å². The van der Waals surface area contributed by atoms with Gasteiger partial charge in [0.1, 0.15) is 5.82 Å². The number of nitrogens with two attached hydrogens (primary N) is 1. The van der Waals surface area contributed by atoms with E-state index in [2.05, 4.69) is 0 Å². The van der Waals surface area contributed by atoms with Crippen molar-refractivity contribution in [2.45, 2.75) is 17.6 Å². The van der Waals surface area contributed by atoms with E-state index in [4.69, 9.17) is 11.0 Å². The molecule has 4 heteroatoms. The highest BCUT2D eigenvalue weighted by Gasteiger charge is 2.06. The van der Waals surface area contributed by atoms with Gasteiger partial charge in [0.2, 0.25) is 0 Å². The van der Waals surface area contributed by atoms with Crippen molar-refractivity contribution < 1.29 is 4.39 Å². The molecule has 2 aromatic carbocycles. The van der Waals surface area contributed by atoms with Crippen molar-refractivity contribution in [1.82, 2.24) is 0 Å². The topological polar surface area (TPSA) is 49.8 Å². The molecular weight excluding hydrogens is 259 g/mol. The predicted molar refractivity (Wildman–Crippen MR) is 76.3 cm³/mol. The number of aryl methyl sites for hydroxylation is 1. The van der Waals surface area contributed by atoms with Gasteiger partial charge < -0.3 is 5.73 Å². The molecule has 0 saturated carbocycles. The number of nitriles is 1. The standard InChI is InChI=1S/C15H13FN2S/c1-10-6-14(18)4-5-15(10)19-9-11-2-3-13(16)7-12(11)8-17/h2-7H,9,18H2,1H3. The summed E-state index contributed by atoms with van der Waals surface area (Å²) in [4.78, 5) is 1.11. The van der Waals surface area contributed by atoms with E-state index < -0.39 is 0 Å². The molecule has 2 N–H and O–H groups in total. The van der Waals surface area contributed by atoms with Gasteiger partial charge in [0, 0.05) is 16.3 Å². The summed E-state index contributed by atoms with van der Waals surface area (Å²) in [5.74, 6) is 0.252. The maximum Gasteiger partial charge on any atom is 0.124 e. The second kappa shape index (κ2) is 5.77. The lowest BCUT2D eigenvalue weighted by molar-refractivity contribution is 0.627. The molecule has 0 spiro atoms. The summed E-state index contributed by atoms with van der Waals surface area (Å²) in [5.41, 5.74) is 8.77. The Bertz CT molecular complexity index is 647. The van der Waals surface area contributed by atoms with Gasteiger partial charge in [-0.05, 0) is 48.4 Å². The molecule has 0 aliphatic heterocycles.